The predicted octanol–water partition coefficient (Wildman–Crippen LogP) is 0.237. The quantitative estimate of drug-likeness (QED) is 0.628. The largest absolute Gasteiger partial charge is 0.383 e. The van der Waals surface area contributed by atoms with Crippen LogP contribution in [0.3, 0.4) is 0 Å². The third-order valence-corrected chi connectivity index (χ3v) is 2.67. The van der Waals surface area contributed by atoms with Gasteiger partial charge in [0.15, 0.2) is 0 Å². The number of hydrogen-bond acceptors (Lipinski definition) is 4. The Balaban J connectivity index is 0.00000400. The van der Waals surface area contributed by atoms with Crippen molar-refractivity contribution >= 4 is 24.2 Å². The molecular formula is C14H22ClN3O3. The van der Waals surface area contributed by atoms with Gasteiger partial charge in [-0.2, -0.15) is 0 Å². The van der Waals surface area contributed by atoms with Crippen LogP contribution < -0.4 is 16.4 Å². The maximum atomic E-state index is 11.8. The van der Waals surface area contributed by atoms with E-state index in [4.69, 9.17) is 10.5 Å². The molecule has 1 rings (SSSR count). The Kier molecular flexibility index (Phi) is 9.36. The second kappa shape index (κ2) is 10.1. The molecule has 6 nitrogen and oxygen atoms in total. The molecule has 0 spiro atoms. The van der Waals surface area contributed by atoms with Crippen molar-refractivity contribution in [3.63, 3.8) is 0 Å². The van der Waals surface area contributed by atoms with Crippen LogP contribution in [0, 0.1) is 6.92 Å². The number of amides is 2. The first-order valence-electron chi connectivity index (χ1n) is 6.41. The maximum Gasteiger partial charge on any atom is 0.251 e. The van der Waals surface area contributed by atoms with Gasteiger partial charge in [-0.1, -0.05) is 17.7 Å². The van der Waals surface area contributed by atoms with Gasteiger partial charge >= 0.3 is 0 Å². The summed E-state index contributed by atoms with van der Waals surface area (Å²) >= 11 is 0. The van der Waals surface area contributed by atoms with Crippen molar-refractivity contribution in [1.82, 2.24) is 10.6 Å². The van der Waals surface area contributed by atoms with Crippen LogP contribution in [0.2, 0.25) is 0 Å². The molecule has 0 aromatic heterocycles. The Morgan fingerprint density at radius 1 is 1.29 bits per heavy atom. The number of halogens is 1. The van der Waals surface area contributed by atoms with E-state index in [1.165, 1.54) is 7.11 Å². The van der Waals surface area contributed by atoms with Gasteiger partial charge in [0.05, 0.1) is 6.61 Å². The van der Waals surface area contributed by atoms with E-state index in [2.05, 4.69) is 10.6 Å². The fourth-order valence-corrected chi connectivity index (χ4v) is 1.64. The smallest absolute Gasteiger partial charge is 0.251 e. The van der Waals surface area contributed by atoms with Crippen molar-refractivity contribution in [3.8, 4) is 0 Å². The molecule has 0 radical (unpaired) electrons. The summed E-state index contributed by atoms with van der Waals surface area (Å²) in [7, 11) is 1.48. The lowest BCUT2D eigenvalue weighted by Crippen LogP contribution is -2.45. The molecule has 0 saturated heterocycles. The number of methoxy groups -OCH3 is 1. The van der Waals surface area contributed by atoms with E-state index in [0.717, 1.165) is 5.56 Å². The minimum atomic E-state index is -0.688. The summed E-state index contributed by atoms with van der Waals surface area (Å²) in [4.78, 5) is 23.3. The number of rotatable bonds is 7. The Morgan fingerprint density at radius 3 is 2.57 bits per heavy atom. The number of aryl methyl sites for hydroxylation is 1. The highest BCUT2D eigenvalue weighted by molar-refractivity contribution is 5.94. The van der Waals surface area contributed by atoms with Crippen LogP contribution in [0.15, 0.2) is 24.3 Å². The highest BCUT2D eigenvalue weighted by Gasteiger charge is 2.12. The zero-order valence-corrected chi connectivity index (χ0v) is 13.0. The summed E-state index contributed by atoms with van der Waals surface area (Å²) in [6.07, 6.45) is 0. The number of benzene rings is 1. The number of nitrogens with one attached hydrogen (secondary N) is 2. The molecule has 21 heavy (non-hydrogen) atoms. The van der Waals surface area contributed by atoms with Crippen LogP contribution >= 0.6 is 12.4 Å². The van der Waals surface area contributed by atoms with Gasteiger partial charge < -0.3 is 21.1 Å². The standard InChI is InChI=1S/C14H21N3O3.ClH/c1-10-4-3-5-11(8-10)13(18)16-6-7-17-14(19)12(15)9-20-2;/h3-5,8,12H,6-7,9,15H2,1-2H3,(H,16,18)(H,17,19);1H. The Labute approximate surface area is 130 Å². The third kappa shape index (κ3) is 7.08. The second-order valence-corrected chi connectivity index (χ2v) is 4.48. The summed E-state index contributed by atoms with van der Waals surface area (Å²) < 4.78 is 4.78. The van der Waals surface area contributed by atoms with E-state index >= 15 is 0 Å². The monoisotopic (exact) mass is 315 g/mol. The molecule has 0 heterocycles. The van der Waals surface area contributed by atoms with E-state index in [1.54, 1.807) is 6.07 Å². The first-order valence-corrected chi connectivity index (χ1v) is 6.41. The lowest BCUT2D eigenvalue weighted by atomic mass is 10.1. The zero-order chi connectivity index (χ0) is 15.0. The Hall–Kier alpha value is -1.63. The van der Waals surface area contributed by atoms with Crippen LogP contribution in [-0.2, 0) is 9.53 Å². The predicted molar refractivity (Wildman–Crippen MR) is 83.6 cm³/mol. The normalized spacial score (nSPS) is 11.2. The number of ether oxygens (including phenoxy) is 1. The molecule has 1 unspecified atom stereocenters. The summed E-state index contributed by atoms with van der Waals surface area (Å²) in [6, 6.07) is 6.62. The molecule has 0 aliphatic carbocycles. The molecule has 0 bridgehead atoms. The van der Waals surface area contributed by atoms with Gasteiger partial charge in [-0.3, -0.25) is 9.59 Å². The molecule has 0 aliphatic rings. The minimum absolute atomic E-state index is 0. The maximum absolute atomic E-state index is 11.8. The minimum Gasteiger partial charge on any atom is -0.383 e. The summed E-state index contributed by atoms with van der Waals surface area (Å²) in [6.45, 7) is 2.77. The fraction of sp³-hybridized carbons (Fsp3) is 0.429. The van der Waals surface area contributed by atoms with Crippen LogP contribution in [0.25, 0.3) is 0 Å². The molecule has 0 fully saturated rings. The average Bonchev–Trinajstić information content (AvgIpc) is 2.43. The Bertz CT molecular complexity index is 469. The summed E-state index contributed by atoms with van der Waals surface area (Å²) in [5, 5.41) is 5.35. The lowest BCUT2D eigenvalue weighted by Gasteiger charge is -2.11. The van der Waals surface area contributed by atoms with Gasteiger partial charge in [-0.25, -0.2) is 0 Å². The van der Waals surface area contributed by atoms with Gasteiger partial charge in [0.1, 0.15) is 6.04 Å². The SMILES string of the molecule is COCC(N)C(=O)NCCNC(=O)c1cccc(C)c1.Cl. The topological polar surface area (TPSA) is 93.4 Å². The van der Waals surface area contributed by atoms with Gasteiger partial charge in [-0.15, -0.1) is 12.4 Å². The lowest BCUT2D eigenvalue weighted by molar-refractivity contribution is -0.123. The molecule has 2 amide bonds. The van der Waals surface area contributed by atoms with Crippen LogP contribution in [-0.4, -0.2) is 44.7 Å². The third-order valence-electron chi connectivity index (χ3n) is 2.67. The molecule has 1 aromatic carbocycles. The van der Waals surface area contributed by atoms with Crippen molar-refractivity contribution in [3.05, 3.63) is 35.4 Å². The van der Waals surface area contributed by atoms with E-state index in [9.17, 15) is 9.59 Å². The van der Waals surface area contributed by atoms with Crippen molar-refractivity contribution < 1.29 is 14.3 Å². The molecule has 118 valence electrons. The highest BCUT2D eigenvalue weighted by Crippen LogP contribution is 2.03. The van der Waals surface area contributed by atoms with Crippen LogP contribution in [0.5, 0.6) is 0 Å². The number of carbonyl (C=O) groups excluding carboxylic acids is 2. The van der Waals surface area contributed by atoms with E-state index in [0.29, 0.717) is 18.7 Å². The number of hydrogen-bond donors (Lipinski definition) is 3. The molecule has 4 N–H and O–H groups in total. The molecule has 0 saturated carbocycles. The highest BCUT2D eigenvalue weighted by atomic mass is 35.5. The second-order valence-electron chi connectivity index (χ2n) is 4.48. The van der Waals surface area contributed by atoms with Gasteiger partial charge in [0.25, 0.3) is 5.91 Å². The summed E-state index contributed by atoms with van der Waals surface area (Å²) in [5.41, 5.74) is 7.18. The van der Waals surface area contributed by atoms with E-state index < -0.39 is 6.04 Å². The molecule has 1 atom stereocenters. The van der Waals surface area contributed by atoms with E-state index in [-0.39, 0.29) is 30.8 Å². The van der Waals surface area contributed by atoms with Crippen molar-refractivity contribution in [2.24, 2.45) is 5.73 Å². The van der Waals surface area contributed by atoms with Gasteiger partial charge in [-0.05, 0) is 19.1 Å². The van der Waals surface area contributed by atoms with E-state index in [1.807, 2.05) is 25.1 Å². The van der Waals surface area contributed by atoms with Crippen molar-refractivity contribution in [2.45, 2.75) is 13.0 Å². The van der Waals surface area contributed by atoms with Gasteiger partial charge in [0.2, 0.25) is 5.91 Å². The van der Waals surface area contributed by atoms with Crippen molar-refractivity contribution in [2.75, 3.05) is 26.8 Å². The van der Waals surface area contributed by atoms with Crippen molar-refractivity contribution in [1.29, 1.82) is 0 Å². The average molecular weight is 316 g/mol. The summed E-state index contributed by atoms with van der Waals surface area (Å²) in [5.74, 6) is -0.458. The fourth-order valence-electron chi connectivity index (χ4n) is 1.64. The van der Waals surface area contributed by atoms with Gasteiger partial charge in [0, 0.05) is 25.8 Å². The first kappa shape index (κ1) is 19.4. The zero-order valence-electron chi connectivity index (χ0n) is 12.2. The Morgan fingerprint density at radius 2 is 1.95 bits per heavy atom. The molecule has 1 aromatic rings. The van der Waals surface area contributed by atoms with Crippen LogP contribution in [0.4, 0.5) is 0 Å². The molecule has 7 heteroatoms. The number of carbonyl (C=O) groups is 2. The number of nitrogens with two attached hydrogens (primary N) is 1. The molecule has 0 aliphatic heterocycles. The van der Waals surface area contributed by atoms with Crippen LogP contribution in [0.1, 0.15) is 15.9 Å². The first-order chi connectivity index (χ1) is 9.54. The molecular weight excluding hydrogens is 294 g/mol.